The molecular weight excluding hydrogens is 633 g/mol. The highest BCUT2D eigenvalue weighted by molar-refractivity contribution is 8.00. The highest BCUT2D eigenvalue weighted by Gasteiger charge is 2.24. The molecule has 0 heterocycles. The molecule has 0 radical (unpaired) electrons. The normalized spacial score (nSPS) is 11.8. The number of aromatic hydroxyl groups is 4. The zero-order valence-electron chi connectivity index (χ0n) is 28.8. The zero-order valence-corrected chi connectivity index (χ0v) is 30.5. The predicted octanol–water partition coefficient (Wildman–Crippen LogP) is 12.0. The van der Waals surface area contributed by atoms with E-state index in [9.17, 15) is 20.4 Å². The smallest absolute Gasteiger partial charge is 0.133 e. The topological polar surface area (TPSA) is 80.9 Å². The van der Waals surface area contributed by atoms with Crippen LogP contribution >= 0.6 is 23.5 Å². The van der Waals surface area contributed by atoms with Crippen LogP contribution in [0.15, 0.2) is 117 Å². The van der Waals surface area contributed by atoms with Crippen LogP contribution in [0.3, 0.4) is 0 Å². The maximum atomic E-state index is 10.8. The summed E-state index contributed by atoms with van der Waals surface area (Å²) in [4.78, 5) is 3.08. The van der Waals surface area contributed by atoms with Crippen molar-refractivity contribution in [3.63, 3.8) is 0 Å². The molecule has 6 rings (SSSR count). The Morgan fingerprint density at radius 1 is 0.458 bits per heavy atom. The van der Waals surface area contributed by atoms with Crippen LogP contribution in [0.4, 0.5) is 0 Å². The Morgan fingerprint density at radius 3 is 1.21 bits per heavy atom. The van der Waals surface area contributed by atoms with Gasteiger partial charge in [0.05, 0.1) is 19.6 Å². The molecule has 48 heavy (non-hydrogen) atoms. The lowest BCUT2D eigenvalue weighted by atomic mass is 9.85. The number of fused-ring (bicyclic) bond motifs is 2. The molecule has 0 aliphatic rings. The number of aryl methyl sites for hydroxylation is 2. The first-order valence-electron chi connectivity index (χ1n) is 16.0. The van der Waals surface area contributed by atoms with Gasteiger partial charge in [-0.1, -0.05) is 138 Å². The van der Waals surface area contributed by atoms with Crippen molar-refractivity contribution in [2.45, 2.75) is 85.8 Å². The van der Waals surface area contributed by atoms with E-state index in [4.69, 9.17) is 0 Å². The summed E-state index contributed by atoms with van der Waals surface area (Å²) in [5, 5.41) is 46.3. The van der Waals surface area contributed by atoms with Crippen molar-refractivity contribution >= 4 is 45.1 Å². The molecular formula is C42H44O4S2. The molecule has 0 spiro atoms. The molecule has 6 aromatic carbocycles. The van der Waals surface area contributed by atoms with Crippen molar-refractivity contribution < 1.29 is 20.4 Å². The highest BCUT2D eigenvalue weighted by atomic mass is 32.2. The maximum absolute atomic E-state index is 10.8. The van der Waals surface area contributed by atoms with E-state index in [2.05, 4.69) is 41.5 Å². The van der Waals surface area contributed by atoms with E-state index in [0.717, 1.165) is 63.4 Å². The first kappa shape index (κ1) is 35.1. The van der Waals surface area contributed by atoms with Gasteiger partial charge in [-0.3, -0.25) is 0 Å². The standard InChI is InChI=1S/C22H30O2S.C20H14O2S/c1-13-9-15(21(3,4)5)19(23)17(11-13)25-18-12-14(2)10-16(20(18)24)22(6,7)8;21-17-11-9-13-5-1-3-7-15(13)19(17)23-20-16-8-4-2-6-14(16)10-12-18(20)22/h9-12,23-24H,1-8H3;1-12,21-22H. The molecule has 248 valence electrons. The van der Waals surface area contributed by atoms with Crippen LogP contribution < -0.4 is 0 Å². The second-order valence-corrected chi connectivity index (χ2v) is 16.4. The second-order valence-electron chi connectivity index (χ2n) is 14.3. The molecule has 6 aromatic rings. The third-order valence-electron chi connectivity index (χ3n) is 8.20. The average Bonchev–Trinajstić information content (AvgIpc) is 3.02. The Kier molecular flexibility index (Phi) is 10.0. The van der Waals surface area contributed by atoms with Crippen molar-refractivity contribution in [3.05, 3.63) is 119 Å². The van der Waals surface area contributed by atoms with Gasteiger partial charge in [0, 0.05) is 11.1 Å². The minimum atomic E-state index is -0.142. The molecule has 0 saturated heterocycles. The number of rotatable bonds is 4. The van der Waals surface area contributed by atoms with Gasteiger partial charge in [0.1, 0.15) is 23.0 Å². The van der Waals surface area contributed by atoms with Gasteiger partial charge in [0.15, 0.2) is 0 Å². The molecule has 0 amide bonds. The van der Waals surface area contributed by atoms with Crippen molar-refractivity contribution in [1.29, 1.82) is 0 Å². The minimum Gasteiger partial charge on any atom is -0.507 e. The van der Waals surface area contributed by atoms with Crippen LogP contribution in [0.25, 0.3) is 21.5 Å². The summed E-state index contributed by atoms with van der Waals surface area (Å²) in [6, 6.07) is 31.1. The van der Waals surface area contributed by atoms with Crippen molar-refractivity contribution in [2.75, 3.05) is 0 Å². The fraction of sp³-hybridized carbons (Fsp3) is 0.238. The third-order valence-corrected chi connectivity index (χ3v) is 10.5. The van der Waals surface area contributed by atoms with E-state index in [1.54, 1.807) is 12.1 Å². The van der Waals surface area contributed by atoms with Crippen LogP contribution in [-0.2, 0) is 10.8 Å². The SMILES string of the molecule is Cc1cc(Sc2cc(C)cc(C(C)(C)C)c2O)c(O)c(C(C)(C)C)c1.Oc1ccc2ccccc2c1Sc1c(O)ccc2ccccc12. The number of benzene rings is 6. The Bertz CT molecular complexity index is 1970. The van der Waals surface area contributed by atoms with Crippen molar-refractivity contribution in [1.82, 2.24) is 0 Å². The number of hydrogen-bond acceptors (Lipinski definition) is 6. The first-order valence-corrected chi connectivity index (χ1v) is 17.6. The molecule has 4 nitrogen and oxygen atoms in total. The molecule has 0 fully saturated rings. The summed E-state index contributed by atoms with van der Waals surface area (Å²) < 4.78 is 0. The predicted molar refractivity (Wildman–Crippen MR) is 203 cm³/mol. The summed E-state index contributed by atoms with van der Waals surface area (Å²) in [6.07, 6.45) is 0. The molecule has 0 aliphatic carbocycles. The molecule has 0 bridgehead atoms. The number of hydrogen-bond donors (Lipinski definition) is 4. The van der Waals surface area contributed by atoms with Crippen LogP contribution in [0.5, 0.6) is 23.0 Å². The van der Waals surface area contributed by atoms with Gasteiger partial charge in [0.25, 0.3) is 0 Å². The molecule has 0 atom stereocenters. The van der Waals surface area contributed by atoms with E-state index in [1.165, 1.54) is 23.5 Å². The summed E-state index contributed by atoms with van der Waals surface area (Å²) in [5.41, 5.74) is 3.78. The van der Waals surface area contributed by atoms with E-state index < -0.39 is 0 Å². The Hall–Kier alpha value is -4.26. The fourth-order valence-electron chi connectivity index (χ4n) is 5.69. The summed E-state index contributed by atoms with van der Waals surface area (Å²) in [6.45, 7) is 16.6. The van der Waals surface area contributed by atoms with E-state index >= 15 is 0 Å². The zero-order chi connectivity index (χ0) is 35.0. The van der Waals surface area contributed by atoms with Gasteiger partial charge in [0.2, 0.25) is 0 Å². The largest absolute Gasteiger partial charge is 0.507 e. The Balaban J connectivity index is 0.000000188. The van der Waals surface area contributed by atoms with Gasteiger partial charge in [-0.15, -0.1) is 0 Å². The highest BCUT2D eigenvalue weighted by Crippen LogP contribution is 2.47. The van der Waals surface area contributed by atoms with Gasteiger partial charge in [-0.2, -0.15) is 0 Å². The average molecular weight is 677 g/mol. The van der Waals surface area contributed by atoms with E-state index in [-0.39, 0.29) is 22.3 Å². The molecule has 0 unspecified atom stereocenters. The Labute approximate surface area is 292 Å². The van der Waals surface area contributed by atoms with Crippen molar-refractivity contribution in [2.24, 2.45) is 0 Å². The van der Waals surface area contributed by atoms with E-state index in [0.29, 0.717) is 11.5 Å². The summed E-state index contributed by atoms with van der Waals surface area (Å²) in [7, 11) is 0. The number of phenolic OH excluding ortho intramolecular Hbond substituents is 4. The maximum Gasteiger partial charge on any atom is 0.133 e. The van der Waals surface area contributed by atoms with Crippen LogP contribution in [0, 0.1) is 13.8 Å². The first-order chi connectivity index (χ1) is 22.5. The monoisotopic (exact) mass is 676 g/mol. The molecule has 4 N–H and O–H groups in total. The molecule has 0 saturated carbocycles. The molecule has 6 heteroatoms. The van der Waals surface area contributed by atoms with Gasteiger partial charge < -0.3 is 20.4 Å². The summed E-state index contributed by atoms with van der Waals surface area (Å²) >= 11 is 2.83. The molecule has 0 aromatic heterocycles. The number of phenols is 4. The van der Waals surface area contributed by atoms with Gasteiger partial charge in [-0.05, 0) is 81.6 Å². The second kappa shape index (κ2) is 13.7. The Morgan fingerprint density at radius 2 is 0.833 bits per heavy atom. The van der Waals surface area contributed by atoms with Crippen molar-refractivity contribution in [3.8, 4) is 23.0 Å². The van der Waals surface area contributed by atoms with Crippen LogP contribution in [0.1, 0.15) is 63.8 Å². The van der Waals surface area contributed by atoms with Crippen LogP contribution in [0.2, 0.25) is 0 Å². The third kappa shape index (κ3) is 7.56. The minimum absolute atomic E-state index is 0.142. The molecule has 0 aliphatic heterocycles. The fourth-order valence-corrected chi connectivity index (χ4v) is 7.97. The summed E-state index contributed by atoms with van der Waals surface area (Å²) in [5.74, 6) is 1.06. The lowest BCUT2D eigenvalue weighted by Crippen LogP contribution is -2.12. The van der Waals surface area contributed by atoms with Gasteiger partial charge in [-0.25, -0.2) is 0 Å². The van der Waals surface area contributed by atoms with Gasteiger partial charge >= 0.3 is 0 Å². The van der Waals surface area contributed by atoms with E-state index in [1.807, 2.05) is 98.8 Å². The lowest BCUT2D eigenvalue weighted by Gasteiger charge is -2.24. The lowest BCUT2D eigenvalue weighted by molar-refractivity contribution is 0.432. The van der Waals surface area contributed by atoms with Crippen LogP contribution in [-0.4, -0.2) is 20.4 Å². The quantitative estimate of drug-likeness (QED) is 0.149.